The zero-order valence-electron chi connectivity index (χ0n) is 19.6. The van der Waals surface area contributed by atoms with Crippen LogP contribution in [0.3, 0.4) is 0 Å². The molecule has 0 saturated heterocycles. The Morgan fingerprint density at radius 2 is 1.77 bits per heavy atom. The van der Waals surface area contributed by atoms with Gasteiger partial charge in [0.2, 0.25) is 0 Å². The number of hydrazone groups is 1. The molecule has 3 aromatic carbocycles. The number of aryl methyl sites for hydroxylation is 1. The summed E-state index contributed by atoms with van der Waals surface area (Å²) < 4.78 is 38.4. The number of nitrogens with zero attached hydrogens (tertiary/aromatic N) is 2. The number of sulfonamides is 1. The third-order valence-electron chi connectivity index (χ3n) is 4.94. The number of benzene rings is 3. The summed E-state index contributed by atoms with van der Waals surface area (Å²) >= 11 is 0. The summed E-state index contributed by atoms with van der Waals surface area (Å²) in [5.41, 5.74) is 4.20. The first-order valence-electron chi connectivity index (χ1n) is 10.8. The summed E-state index contributed by atoms with van der Waals surface area (Å²) in [6.45, 7) is 3.69. The number of phenols is 1. The van der Waals surface area contributed by atoms with E-state index in [1.54, 1.807) is 48.5 Å². The van der Waals surface area contributed by atoms with E-state index in [0.717, 1.165) is 9.87 Å². The van der Waals surface area contributed by atoms with E-state index in [0.29, 0.717) is 23.6 Å². The molecule has 9 nitrogen and oxygen atoms in total. The lowest BCUT2D eigenvalue weighted by atomic mass is 10.2. The van der Waals surface area contributed by atoms with Crippen LogP contribution < -0.4 is 19.2 Å². The molecule has 2 N–H and O–H groups in total. The molecule has 0 aliphatic carbocycles. The van der Waals surface area contributed by atoms with Crippen molar-refractivity contribution in [3.63, 3.8) is 0 Å². The minimum Gasteiger partial charge on any atom is -0.504 e. The summed E-state index contributed by atoms with van der Waals surface area (Å²) in [7, 11) is -2.65. The van der Waals surface area contributed by atoms with Crippen molar-refractivity contribution in [1.29, 1.82) is 0 Å². The second-order valence-corrected chi connectivity index (χ2v) is 9.34. The van der Waals surface area contributed by atoms with Crippen LogP contribution in [0.15, 0.2) is 76.7 Å². The molecule has 10 heteroatoms. The molecule has 35 heavy (non-hydrogen) atoms. The number of phenolic OH excluding ortho intramolecular Hbond substituents is 1. The number of amides is 1. The van der Waals surface area contributed by atoms with Crippen LogP contribution in [0.5, 0.6) is 17.2 Å². The molecule has 3 aromatic rings. The molecule has 0 heterocycles. The Labute approximate surface area is 204 Å². The number of hydrogen-bond acceptors (Lipinski definition) is 7. The number of hydrogen-bond donors (Lipinski definition) is 2. The van der Waals surface area contributed by atoms with Gasteiger partial charge in [-0.05, 0) is 74.0 Å². The second-order valence-electron chi connectivity index (χ2n) is 7.48. The Bertz CT molecular complexity index is 1290. The highest BCUT2D eigenvalue weighted by molar-refractivity contribution is 7.92. The third kappa shape index (κ3) is 6.51. The lowest BCUT2D eigenvalue weighted by Gasteiger charge is -2.24. The number of carbonyl (C=O) groups is 1. The van der Waals surface area contributed by atoms with Gasteiger partial charge in [0.15, 0.2) is 11.5 Å². The van der Waals surface area contributed by atoms with Crippen LogP contribution >= 0.6 is 0 Å². The molecule has 0 atom stereocenters. The quantitative estimate of drug-likeness (QED) is 0.327. The van der Waals surface area contributed by atoms with E-state index in [1.165, 1.54) is 31.5 Å². The highest BCUT2D eigenvalue weighted by atomic mass is 32.2. The third-order valence-corrected chi connectivity index (χ3v) is 6.73. The van der Waals surface area contributed by atoms with Crippen molar-refractivity contribution < 1.29 is 27.8 Å². The minimum atomic E-state index is -4.06. The molecule has 0 saturated carbocycles. The largest absolute Gasteiger partial charge is 0.504 e. The monoisotopic (exact) mass is 497 g/mol. The van der Waals surface area contributed by atoms with Crippen molar-refractivity contribution in [2.45, 2.75) is 18.7 Å². The lowest BCUT2D eigenvalue weighted by molar-refractivity contribution is -0.119. The number of nitrogens with one attached hydrogen (secondary N) is 1. The van der Waals surface area contributed by atoms with E-state index < -0.39 is 22.5 Å². The predicted molar refractivity (Wildman–Crippen MR) is 134 cm³/mol. The Morgan fingerprint density at radius 1 is 1.09 bits per heavy atom. The zero-order valence-corrected chi connectivity index (χ0v) is 20.5. The number of methoxy groups -OCH3 is 1. The number of rotatable bonds is 10. The van der Waals surface area contributed by atoms with E-state index in [4.69, 9.17) is 9.47 Å². The predicted octanol–water partition coefficient (Wildman–Crippen LogP) is 3.45. The van der Waals surface area contributed by atoms with Crippen molar-refractivity contribution in [3.8, 4) is 17.2 Å². The Balaban J connectivity index is 1.82. The fraction of sp³-hybridized carbons (Fsp3) is 0.200. The Morgan fingerprint density at radius 3 is 2.40 bits per heavy atom. The Hall–Kier alpha value is -4.05. The second kappa shape index (κ2) is 11.4. The highest BCUT2D eigenvalue weighted by Gasteiger charge is 2.27. The van der Waals surface area contributed by atoms with Gasteiger partial charge < -0.3 is 14.6 Å². The van der Waals surface area contributed by atoms with Crippen molar-refractivity contribution in [2.75, 3.05) is 24.6 Å². The molecule has 0 spiro atoms. The number of anilines is 1. The number of carbonyl (C=O) groups excluding carboxylic acids is 1. The molecule has 0 fully saturated rings. The van der Waals surface area contributed by atoms with Crippen LogP contribution in [0, 0.1) is 6.92 Å². The van der Waals surface area contributed by atoms with E-state index >= 15 is 0 Å². The molecule has 184 valence electrons. The average molecular weight is 498 g/mol. The smallest absolute Gasteiger partial charge is 0.264 e. The van der Waals surface area contributed by atoms with Gasteiger partial charge in [0, 0.05) is 0 Å². The summed E-state index contributed by atoms with van der Waals surface area (Å²) in [5, 5.41) is 13.6. The van der Waals surface area contributed by atoms with Gasteiger partial charge in [-0.3, -0.25) is 9.10 Å². The molecular formula is C25H27N3O6S. The van der Waals surface area contributed by atoms with E-state index in [2.05, 4.69) is 10.5 Å². The summed E-state index contributed by atoms with van der Waals surface area (Å²) in [5.74, 6) is 0.141. The molecule has 0 aliphatic rings. The maximum Gasteiger partial charge on any atom is 0.264 e. The maximum absolute atomic E-state index is 13.4. The van der Waals surface area contributed by atoms with Gasteiger partial charge in [0.05, 0.1) is 30.5 Å². The van der Waals surface area contributed by atoms with Crippen LogP contribution in [0.1, 0.15) is 18.1 Å². The molecule has 0 unspecified atom stereocenters. The fourth-order valence-corrected chi connectivity index (χ4v) is 4.57. The molecule has 0 radical (unpaired) electrons. The van der Waals surface area contributed by atoms with Crippen molar-refractivity contribution in [2.24, 2.45) is 5.10 Å². The van der Waals surface area contributed by atoms with Gasteiger partial charge in [0.1, 0.15) is 12.3 Å². The molecule has 1 amide bonds. The zero-order chi connectivity index (χ0) is 25.4. The van der Waals surface area contributed by atoms with Crippen LogP contribution in [-0.4, -0.2) is 45.9 Å². The highest BCUT2D eigenvalue weighted by Crippen LogP contribution is 2.26. The first kappa shape index (κ1) is 25.6. The number of ether oxygens (including phenoxy) is 2. The molecule has 0 aromatic heterocycles. The fourth-order valence-electron chi connectivity index (χ4n) is 3.15. The first-order valence-corrected chi connectivity index (χ1v) is 12.2. The summed E-state index contributed by atoms with van der Waals surface area (Å²) in [6.07, 6.45) is 1.36. The standard InChI is InChI=1S/C25H27N3O6S/c1-4-34-21-10-12-22(13-11-21)35(31,32)28(20-8-5-18(2)6-9-20)17-25(30)27-26-16-19-7-14-23(29)24(15-19)33-3/h5-16,29H,4,17H2,1-3H3,(H,27,30)/b26-16-. The van der Waals surface area contributed by atoms with Gasteiger partial charge in [-0.15, -0.1) is 0 Å². The van der Waals surface area contributed by atoms with Gasteiger partial charge >= 0.3 is 0 Å². The van der Waals surface area contributed by atoms with Crippen LogP contribution in [-0.2, 0) is 14.8 Å². The van der Waals surface area contributed by atoms with Crippen LogP contribution in [0.4, 0.5) is 5.69 Å². The molecule has 0 aliphatic heterocycles. The van der Waals surface area contributed by atoms with Crippen molar-refractivity contribution >= 4 is 27.8 Å². The maximum atomic E-state index is 13.4. The topological polar surface area (TPSA) is 118 Å². The molecule has 3 rings (SSSR count). The van der Waals surface area contributed by atoms with Crippen molar-refractivity contribution in [3.05, 3.63) is 77.9 Å². The van der Waals surface area contributed by atoms with Crippen molar-refractivity contribution in [1.82, 2.24) is 5.43 Å². The van der Waals surface area contributed by atoms with Gasteiger partial charge in [-0.2, -0.15) is 5.10 Å². The Kier molecular flexibility index (Phi) is 8.32. The van der Waals surface area contributed by atoms with E-state index in [1.807, 2.05) is 13.8 Å². The van der Waals surface area contributed by atoms with Gasteiger partial charge in [-0.25, -0.2) is 13.8 Å². The first-order chi connectivity index (χ1) is 16.7. The minimum absolute atomic E-state index is 0.0222. The summed E-state index contributed by atoms with van der Waals surface area (Å²) in [6, 6.07) is 17.4. The van der Waals surface area contributed by atoms with Crippen LogP contribution in [0.25, 0.3) is 0 Å². The lowest BCUT2D eigenvalue weighted by Crippen LogP contribution is -2.39. The number of aromatic hydroxyl groups is 1. The molecular weight excluding hydrogens is 470 g/mol. The van der Waals surface area contributed by atoms with Gasteiger partial charge in [0.25, 0.3) is 15.9 Å². The average Bonchev–Trinajstić information content (AvgIpc) is 2.85. The summed E-state index contributed by atoms with van der Waals surface area (Å²) in [4.78, 5) is 12.7. The SMILES string of the molecule is CCOc1ccc(S(=O)(=O)N(CC(=O)N/N=C\c2ccc(O)c(OC)c2)c2ccc(C)cc2)cc1. The van der Waals surface area contributed by atoms with E-state index in [9.17, 15) is 18.3 Å². The normalized spacial score (nSPS) is 11.3. The molecule has 0 bridgehead atoms. The van der Waals surface area contributed by atoms with E-state index in [-0.39, 0.29) is 16.4 Å². The van der Waals surface area contributed by atoms with Gasteiger partial charge in [-0.1, -0.05) is 17.7 Å². The van der Waals surface area contributed by atoms with Crippen LogP contribution in [0.2, 0.25) is 0 Å².